The number of anilines is 2. The van der Waals surface area contributed by atoms with Gasteiger partial charge in [0.25, 0.3) is 0 Å². The quantitative estimate of drug-likeness (QED) is 0.790. The molecule has 0 atom stereocenters. The van der Waals surface area contributed by atoms with Crippen molar-refractivity contribution in [3.8, 4) is 0 Å². The Kier molecular flexibility index (Phi) is 5.73. The van der Waals surface area contributed by atoms with Crippen molar-refractivity contribution >= 4 is 11.8 Å². The van der Waals surface area contributed by atoms with E-state index in [2.05, 4.69) is 47.9 Å². The van der Waals surface area contributed by atoms with Crippen LogP contribution in [0, 0.1) is 0 Å². The molecular weight excluding hydrogens is 212 g/mol. The van der Waals surface area contributed by atoms with Crippen LogP contribution in [0.3, 0.4) is 0 Å². The molecule has 0 aliphatic carbocycles. The Morgan fingerprint density at radius 1 is 1.12 bits per heavy atom. The molecule has 0 bridgehead atoms. The highest BCUT2D eigenvalue weighted by Gasteiger charge is 2.08. The molecule has 0 fully saturated rings. The predicted octanol–water partition coefficient (Wildman–Crippen LogP) is 2.71. The van der Waals surface area contributed by atoms with Crippen LogP contribution in [0.1, 0.15) is 39.8 Å². The zero-order chi connectivity index (χ0) is 12.7. The van der Waals surface area contributed by atoms with E-state index in [0.29, 0.717) is 0 Å². The molecule has 0 saturated heterocycles. The van der Waals surface area contributed by atoms with Crippen LogP contribution >= 0.6 is 0 Å². The van der Waals surface area contributed by atoms with E-state index in [1.54, 1.807) is 0 Å². The largest absolute Gasteiger partial charge is 0.370 e. The van der Waals surface area contributed by atoms with Gasteiger partial charge in [-0.25, -0.2) is 4.98 Å². The van der Waals surface area contributed by atoms with Crippen molar-refractivity contribution in [2.24, 2.45) is 0 Å². The molecule has 4 nitrogen and oxygen atoms in total. The van der Waals surface area contributed by atoms with Gasteiger partial charge in [-0.15, -0.1) is 0 Å². The Labute approximate surface area is 104 Å². The van der Waals surface area contributed by atoms with Crippen LogP contribution in [-0.4, -0.2) is 29.6 Å². The van der Waals surface area contributed by atoms with Crippen LogP contribution in [0.2, 0.25) is 0 Å². The van der Waals surface area contributed by atoms with Crippen molar-refractivity contribution in [1.29, 1.82) is 0 Å². The molecule has 0 saturated carbocycles. The van der Waals surface area contributed by atoms with Crippen molar-refractivity contribution in [3.05, 3.63) is 11.8 Å². The number of aryl methyl sites for hydroxylation is 1. The molecule has 0 spiro atoms. The molecular formula is C13H24N4. The molecule has 1 aromatic rings. The van der Waals surface area contributed by atoms with Gasteiger partial charge in [-0.1, -0.05) is 13.8 Å². The highest BCUT2D eigenvalue weighted by molar-refractivity contribution is 5.43. The first-order valence-electron chi connectivity index (χ1n) is 6.61. The maximum atomic E-state index is 4.58. The van der Waals surface area contributed by atoms with Gasteiger partial charge < -0.3 is 10.2 Å². The third-order valence-corrected chi connectivity index (χ3v) is 2.73. The lowest BCUT2D eigenvalue weighted by molar-refractivity contribution is 0.809. The number of rotatable bonds is 7. The summed E-state index contributed by atoms with van der Waals surface area (Å²) in [6.07, 6.45) is 2.05. The molecule has 17 heavy (non-hydrogen) atoms. The molecule has 0 radical (unpaired) electrons. The van der Waals surface area contributed by atoms with Crippen molar-refractivity contribution in [2.75, 3.05) is 29.9 Å². The summed E-state index contributed by atoms with van der Waals surface area (Å²) in [5, 5.41) is 3.33. The van der Waals surface area contributed by atoms with Gasteiger partial charge in [0.2, 0.25) is 5.95 Å². The SMILES string of the molecule is CCCNc1cc(CC)nc(N(CC)CC)n1. The van der Waals surface area contributed by atoms with Crippen molar-refractivity contribution in [3.63, 3.8) is 0 Å². The Hall–Kier alpha value is -1.32. The summed E-state index contributed by atoms with van der Waals surface area (Å²) in [6, 6.07) is 2.04. The zero-order valence-electron chi connectivity index (χ0n) is 11.5. The number of aromatic nitrogens is 2. The number of nitrogens with one attached hydrogen (secondary N) is 1. The fourth-order valence-electron chi connectivity index (χ4n) is 1.66. The fourth-order valence-corrected chi connectivity index (χ4v) is 1.66. The molecule has 0 aromatic carbocycles. The maximum absolute atomic E-state index is 4.58. The second kappa shape index (κ2) is 7.09. The van der Waals surface area contributed by atoms with Crippen molar-refractivity contribution in [1.82, 2.24) is 9.97 Å². The van der Waals surface area contributed by atoms with Crippen LogP contribution in [0.5, 0.6) is 0 Å². The van der Waals surface area contributed by atoms with Gasteiger partial charge in [-0.3, -0.25) is 0 Å². The molecule has 96 valence electrons. The Bertz CT molecular complexity index is 334. The monoisotopic (exact) mass is 236 g/mol. The van der Waals surface area contributed by atoms with Gasteiger partial charge in [0.15, 0.2) is 0 Å². The molecule has 1 rings (SSSR count). The second-order valence-corrected chi connectivity index (χ2v) is 4.00. The minimum atomic E-state index is 0.841. The van der Waals surface area contributed by atoms with Gasteiger partial charge in [-0.05, 0) is 26.7 Å². The molecule has 0 aliphatic heterocycles. The maximum Gasteiger partial charge on any atom is 0.227 e. The predicted molar refractivity (Wildman–Crippen MR) is 73.8 cm³/mol. The lowest BCUT2D eigenvalue weighted by Gasteiger charge is -2.20. The highest BCUT2D eigenvalue weighted by Crippen LogP contribution is 2.14. The van der Waals surface area contributed by atoms with Crippen LogP contribution in [0.4, 0.5) is 11.8 Å². The third-order valence-electron chi connectivity index (χ3n) is 2.73. The summed E-state index contributed by atoms with van der Waals surface area (Å²) >= 11 is 0. The van der Waals surface area contributed by atoms with E-state index < -0.39 is 0 Å². The van der Waals surface area contributed by atoms with Gasteiger partial charge in [0.1, 0.15) is 5.82 Å². The second-order valence-electron chi connectivity index (χ2n) is 4.00. The van der Waals surface area contributed by atoms with Crippen molar-refractivity contribution < 1.29 is 0 Å². The van der Waals surface area contributed by atoms with Crippen LogP contribution < -0.4 is 10.2 Å². The van der Waals surface area contributed by atoms with E-state index in [1.807, 2.05) is 6.07 Å². The molecule has 1 N–H and O–H groups in total. The molecule has 4 heteroatoms. The summed E-state index contributed by atoms with van der Waals surface area (Å²) in [6.45, 7) is 11.4. The van der Waals surface area contributed by atoms with E-state index in [4.69, 9.17) is 0 Å². The lowest BCUT2D eigenvalue weighted by atomic mass is 10.3. The minimum Gasteiger partial charge on any atom is -0.370 e. The summed E-state index contributed by atoms with van der Waals surface area (Å²) in [7, 11) is 0. The van der Waals surface area contributed by atoms with E-state index in [0.717, 1.165) is 49.9 Å². The van der Waals surface area contributed by atoms with Crippen LogP contribution in [0.25, 0.3) is 0 Å². The Morgan fingerprint density at radius 2 is 1.82 bits per heavy atom. The minimum absolute atomic E-state index is 0.841. The summed E-state index contributed by atoms with van der Waals surface area (Å²) in [4.78, 5) is 11.3. The number of hydrogen-bond donors (Lipinski definition) is 1. The molecule has 0 amide bonds. The smallest absolute Gasteiger partial charge is 0.227 e. The van der Waals surface area contributed by atoms with E-state index in [9.17, 15) is 0 Å². The van der Waals surface area contributed by atoms with Crippen LogP contribution in [0.15, 0.2) is 6.07 Å². The topological polar surface area (TPSA) is 41.1 Å². The number of nitrogens with zero attached hydrogens (tertiary/aromatic N) is 3. The first kappa shape index (κ1) is 13.7. The van der Waals surface area contributed by atoms with Gasteiger partial charge >= 0.3 is 0 Å². The van der Waals surface area contributed by atoms with E-state index >= 15 is 0 Å². The summed E-state index contributed by atoms with van der Waals surface area (Å²) < 4.78 is 0. The molecule has 1 aromatic heterocycles. The Balaban J connectivity index is 2.95. The zero-order valence-corrected chi connectivity index (χ0v) is 11.5. The molecule has 0 aliphatic rings. The van der Waals surface area contributed by atoms with E-state index in [-0.39, 0.29) is 0 Å². The average Bonchev–Trinajstić information content (AvgIpc) is 2.37. The van der Waals surface area contributed by atoms with Gasteiger partial charge in [-0.2, -0.15) is 4.98 Å². The third kappa shape index (κ3) is 3.88. The Morgan fingerprint density at radius 3 is 2.35 bits per heavy atom. The first-order chi connectivity index (χ1) is 8.24. The molecule has 0 unspecified atom stereocenters. The summed E-state index contributed by atoms with van der Waals surface area (Å²) in [5.41, 5.74) is 1.10. The fraction of sp³-hybridized carbons (Fsp3) is 0.692. The van der Waals surface area contributed by atoms with Crippen LogP contribution in [-0.2, 0) is 6.42 Å². The van der Waals surface area contributed by atoms with E-state index in [1.165, 1.54) is 0 Å². The normalized spacial score (nSPS) is 10.4. The van der Waals surface area contributed by atoms with Crippen molar-refractivity contribution in [2.45, 2.75) is 40.5 Å². The highest BCUT2D eigenvalue weighted by atomic mass is 15.3. The van der Waals surface area contributed by atoms with Gasteiger partial charge in [0, 0.05) is 31.4 Å². The molecule has 1 heterocycles. The lowest BCUT2D eigenvalue weighted by Crippen LogP contribution is -2.25. The standard InChI is InChI=1S/C13H24N4/c1-5-9-14-12-10-11(6-2)15-13(16-12)17(7-3)8-4/h10H,5-9H2,1-4H3,(H,14,15,16). The first-order valence-corrected chi connectivity index (χ1v) is 6.61. The average molecular weight is 236 g/mol. The van der Waals surface area contributed by atoms with Gasteiger partial charge in [0.05, 0.1) is 0 Å². The summed E-state index contributed by atoms with van der Waals surface area (Å²) in [5.74, 6) is 1.79. The number of hydrogen-bond acceptors (Lipinski definition) is 4.